The number of hydrogen-bond acceptors (Lipinski definition) is 2. The minimum absolute atomic E-state index is 0.304. The van der Waals surface area contributed by atoms with E-state index in [0.717, 1.165) is 12.3 Å². The van der Waals surface area contributed by atoms with E-state index in [9.17, 15) is 0 Å². The second kappa shape index (κ2) is 2.96. The van der Waals surface area contributed by atoms with Crippen molar-refractivity contribution in [2.24, 2.45) is 28.9 Å². The van der Waals surface area contributed by atoms with Crippen molar-refractivity contribution in [3.8, 4) is 0 Å². The molecular formula is C11H21NO. The van der Waals surface area contributed by atoms with E-state index in [1.165, 1.54) is 12.8 Å². The zero-order valence-corrected chi connectivity index (χ0v) is 8.66. The highest BCUT2D eigenvalue weighted by atomic mass is 16.3. The van der Waals surface area contributed by atoms with Gasteiger partial charge in [0.2, 0.25) is 0 Å². The summed E-state index contributed by atoms with van der Waals surface area (Å²) in [6, 6.07) is 0.340. The molecule has 2 heteroatoms. The fraction of sp³-hybridized carbons (Fsp3) is 1.00. The van der Waals surface area contributed by atoms with E-state index in [1.807, 2.05) is 0 Å². The van der Waals surface area contributed by atoms with Crippen LogP contribution in [0.3, 0.4) is 0 Å². The lowest BCUT2D eigenvalue weighted by molar-refractivity contribution is -0.107. The summed E-state index contributed by atoms with van der Waals surface area (Å²) in [5, 5.41) is 8.91. The van der Waals surface area contributed by atoms with Gasteiger partial charge in [0.25, 0.3) is 0 Å². The number of hydrogen-bond donors (Lipinski definition) is 2. The zero-order valence-electron chi connectivity index (χ0n) is 8.66. The number of rotatable bonds is 2. The summed E-state index contributed by atoms with van der Waals surface area (Å²) in [5.74, 6) is 2.17. The molecule has 2 nitrogen and oxygen atoms in total. The highest BCUT2D eigenvalue weighted by Gasteiger charge is 2.56. The van der Waals surface area contributed by atoms with Crippen LogP contribution in [0, 0.1) is 23.2 Å². The summed E-state index contributed by atoms with van der Waals surface area (Å²) in [6.45, 7) is 5.00. The van der Waals surface area contributed by atoms with Crippen LogP contribution in [0.1, 0.15) is 33.1 Å². The molecule has 0 aromatic heterocycles. The van der Waals surface area contributed by atoms with Crippen LogP contribution in [0.5, 0.6) is 0 Å². The van der Waals surface area contributed by atoms with Gasteiger partial charge in [0.05, 0.1) is 0 Å². The molecular weight excluding hydrogens is 162 g/mol. The normalized spacial score (nSPS) is 47.1. The SMILES string of the molecule is CC1(C)C2CC(CCO)[C@@H](N)C1C2. The quantitative estimate of drug-likeness (QED) is 0.679. The maximum Gasteiger partial charge on any atom is 0.0434 e. The van der Waals surface area contributed by atoms with Crippen molar-refractivity contribution < 1.29 is 5.11 Å². The molecule has 3 unspecified atom stereocenters. The maximum absolute atomic E-state index is 8.91. The second-order valence-corrected chi connectivity index (χ2v) is 5.45. The topological polar surface area (TPSA) is 46.2 Å². The molecule has 3 aliphatic carbocycles. The van der Waals surface area contributed by atoms with Crippen molar-refractivity contribution in [1.82, 2.24) is 0 Å². The van der Waals surface area contributed by atoms with Gasteiger partial charge >= 0.3 is 0 Å². The van der Waals surface area contributed by atoms with Crippen LogP contribution in [0.4, 0.5) is 0 Å². The molecule has 4 atom stereocenters. The Bertz CT molecular complexity index is 202. The molecule has 3 fully saturated rings. The van der Waals surface area contributed by atoms with Crippen LogP contribution in [-0.2, 0) is 0 Å². The molecule has 0 radical (unpaired) electrons. The monoisotopic (exact) mass is 183 g/mol. The largest absolute Gasteiger partial charge is 0.396 e. The smallest absolute Gasteiger partial charge is 0.0434 e. The molecule has 2 bridgehead atoms. The molecule has 3 aliphatic rings. The van der Waals surface area contributed by atoms with Crippen LogP contribution < -0.4 is 5.73 Å². The molecule has 3 N–H and O–H groups in total. The van der Waals surface area contributed by atoms with Gasteiger partial charge in [0.15, 0.2) is 0 Å². The summed E-state index contributed by atoms with van der Waals surface area (Å²) in [6.07, 6.45) is 3.48. The Morgan fingerprint density at radius 3 is 2.54 bits per heavy atom. The van der Waals surface area contributed by atoms with Crippen molar-refractivity contribution in [1.29, 1.82) is 0 Å². The number of aliphatic hydroxyl groups is 1. The lowest BCUT2D eigenvalue weighted by Gasteiger charge is -2.61. The number of aliphatic hydroxyl groups excluding tert-OH is 1. The Morgan fingerprint density at radius 1 is 1.38 bits per heavy atom. The lowest BCUT2D eigenvalue weighted by Crippen LogP contribution is -2.61. The number of fused-ring (bicyclic) bond motifs is 2. The van der Waals surface area contributed by atoms with Gasteiger partial charge in [-0.05, 0) is 42.4 Å². The Kier molecular flexibility index (Phi) is 2.16. The van der Waals surface area contributed by atoms with Gasteiger partial charge in [-0.15, -0.1) is 0 Å². The first-order valence-corrected chi connectivity index (χ1v) is 5.43. The van der Waals surface area contributed by atoms with E-state index < -0.39 is 0 Å². The van der Waals surface area contributed by atoms with Gasteiger partial charge < -0.3 is 10.8 Å². The molecule has 0 amide bonds. The van der Waals surface area contributed by atoms with Crippen LogP contribution in [0.25, 0.3) is 0 Å². The van der Waals surface area contributed by atoms with Gasteiger partial charge in [-0.3, -0.25) is 0 Å². The molecule has 13 heavy (non-hydrogen) atoms. The first kappa shape index (κ1) is 9.47. The summed E-state index contributed by atoms with van der Waals surface area (Å²) < 4.78 is 0. The second-order valence-electron chi connectivity index (χ2n) is 5.45. The van der Waals surface area contributed by atoms with Crippen molar-refractivity contribution >= 4 is 0 Å². The predicted octanol–water partition coefficient (Wildman–Crippen LogP) is 1.38. The Labute approximate surface area is 80.5 Å². The van der Waals surface area contributed by atoms with Crippen molar-refractivity contribution in [2.45, 2.75) is 39.2 Å². The van der Waals surface area contributed by atoms with E-state index in [2.05, 4.69) is 13.8 Å². The molecule has 0 aliphatic heterocycles. The fourth-order valence-electron chi connectivity index (χ4n) is 3.44. The first-order valence-electron chi connectivity index (χ1n) is 5.43. The van der Waals surface area contributed by atoms with E-state index in [-0.39, 0.29) is 0 Å². The first-order chi connectivity index (χ1) is 6.07. The van der Waals surface area contributed by atoms with Crippen molar-refractivity contribution in [3.63, 3.8) is 0 Å². The molecule has 0 spiro atoms. The van der Waals surface area contributed by atoms with Gasteiger partial charge in [0, 0.05) is 12.6 Å². The Balaban J connectivity index is 2.03. The molecule has 76 valence electrons. The zero-order chi connectivity index (χ0) is 9.64. The average Bonchev–Trinajstić information content (AvgIpc) is 2.08. The van der Waals surface area contributed by atoms with Gasteiger partial charge in [-0.25, -0.2) is 0 Å². The summed E-state index contributed by atoms with van der Waals surface area (Å²) in [5.41, 5.74) is 6.69. The number of nitrogens with two attached hydrogens (primary N) is 1. The minimum Gasteiger partial charge on any atom is -0.396 e. The summed E-state index contributed by atoms with van der Waals surface area (Å²) in [4.78, 5) is 0. The molecule has 0 aromatic carbocycles. The van der Waals surface area contributed by atoms with Gasteiger partial charge in [-0.2, -0.15) is 0 Å². The third kappa shape index (κ3) is 1.23. The van der Waals surface area contributed by atoms with Crippen molar-refractivity contribution in [3.05, 3.63) is 0 Å². The highest BCUT2D eigenvalue weighted by molar-refractivity contribution is 5.07. The van der Waals surface area contributed by atoms with Gasteiger partial charge in [0.1, 0.15) is 0 Å². The molecule has 0 aromatic rings. The average molecular weight is 183 g/mol. The van der Waals surface area contributed by atoms with E-state index in [1.54, 1.807) is 0 Å². The van der Waals surface area contributed by atoms with Crippen LogP contribution in [0.15, 0.2) is 0 Å². The summed E-state index contributed by atoms with van der Waals surface area (Å²) in [7, 11) is 0. The molecule has 0 saturated heterocycles. The minimum atomic E-state index is 0.304. The predicted molar refractivity (Wildman–Crippen MR) is 53.2 cm³/mol. The third-order valence-electron chi connectivity index (χ3n) is 4.64. The van der Waals surface area contributed by atoms with E-state index in [4.69, 9.17) is 10.8 Å². The lowest BCUT2D eigenvalue weighted by atomic mass is 9.45. The summed E-state index contributed by atoms with van der Waals surface area (Å²) >= 11 is 0. The molecule has 3 saturated carbocycles. The third-order valence-corrected chi connectivity index (χ3v) is 4.64. The highest BCUT2D eigenvalue weighted by Crippen LogP contribution is 2.60. The standard InChI is InChI=1S/C11H21NO/c1-11(2)8-5-7(3-4-13)10(12)9(11)6-8/h7-10,13H,3-6,12H2,1-2H3/t7?,8?,9?,10-/m1/s1. The van der Waals surface area contributed by atoms with E-state index >= 15 is 0 Å². The van der Waals surface area contributed by atoms with Crippen molar-refractivity contribution in [2.75, 3.05) is 6.61 Å². The maximum atomic E-state index is 8.91. The van der Waals surface area contributed by atoms with Crippen LogP contribution in [-0.4, -0.2) is 17.8 Å². The molecule has 0 heterocycles. The molecule has 3 rings (SSSR count). The fourth-order valence-corrected chi connectivity index (χ4v) is 3.44. The van der Waals surface area contributed by atoms with Crippen LogP contribution in [0.2, 0.25) is 0 Å². The van der Waals surface area contributed by atoms with Gasteiger partial charge in [-0.1, -0.05) is 13.8 Å². The Hall–Kier alpha value is -0.0800. The Morgan fingerprint density at radius 2 is 2.08 bits per heavy atom. The van der Waals surface area contributed by atoms with E-state index in [0.29, 0.717) is 29.9 Å². The van der Waals surface area contributed by atoms with Crippen LogP contribution >= 0.6 is 0 Å².